The van der Waals surface area contributed by atoms with E-state index < -0.39 is 0 Å². The molecule has 1 fully saturated rings. The molecule has 0 saturated carbocycles. The minimum atomic E-state index is -0.262. The summed E-state index contributed by atoms with van der Waals surface area (Å²) in [6, 6.07) is 5.08. The Hall–Kier alpha value is -0.450. The van der Waals surface area contributed by atoms with Crippen molar-refractivity contribution in [1.29, 1.82) is 0 Å². The number of hydrogen-bond donors (Lipinski definition) is 2. The molecule has 0 bridgehead atoms. The van der Waals surface area contributed by atoms with Gasteiger partial charge in [-0.15, -0.1) is 24.0 Å². The predicted octanol–water partition coefficient (Wildman–Crippen LogP) is 3.31. The summed E-state index contributed by atoms with van der Waals surface area (Å²) in [6.45, 7) is 4.48. The lowest BCUT2D eigenvalue weighted by atomic mass is 10.1. The van der Waals surface area contributed by atoms with Gasteiger partial charge in [-0.05, 0) is 46.5 Å². The maximum Gasteiger partial charge on any atom is 0.191 e. The molecule has 0 spiro atoms. The van der Waals surface area contributed by atoms with Crippen LogP contribution in [-0.2, 0) is 16.0 Å². The Balaban J connectivity index is 0.00000312. The molecule has 2 rings (SSSR count). The van der Waals surface area contributed by atoms with Crippen molar-refractivity contribution in [1.82, 2.24) is 10.6 Å². The molecule has 0 aromatic heterocycles. The number of aliphatic imine (C=N–C) groups is 1. The Kier molecular flexibility index (Phi) is 11.6. The van der Waals surface area contributed by atoms with Crippen molar-refractivity contribution < 1.29 is 13.9 Å². The van der Waals surface area contributed by atoms with Crippen molar-refractivity contribution in [2.45, 2.75) is 19.4 Å². The molecular weight excluding hydrogens is 504 g/mol. The normalized spacial score (nSPS) is 17.2. The molecule has 1 saturated heterocycles. The molecule has 1 atom stereocenters. The second-order valence-electron chi connectivity index (χ2n) is 5.76. The van der Waals surface area contributed by atoms with Crippen LogP contribution in [0.4, 0.5) is 4.39 Å². The minimum Gasteiger partial charge on any atom is -0.381 e. The largest absolute Gasteiger partial charge is 0.381 e. The molecule has 8 heteroatoms. The van der Waals surface area contributed by atoms with E-state index in [4.69, 9.17) is 9.47 Å². The van der Waals surface area contributed by atoms with Crippen LogP contribution in [0.2, 0.25) is 0 Å². The Morgan fingerprint density at radius 1 is 1.44 bits per heavy atom. The summed E-state index contributed by atoms with van der Waals surface area (Å²) >= 11 is 3.15. The molecule has 0 radical (unpaired) electrons. The number of halogens is 3. The first kappa shape index (κ1) is 22.6. The lowest BCUT2D eigenvalue weighted by molar-refractivity contribution is 0.0888. The van der Waals surface area contributed by atoms with Crippen LogP contribution in [0.15, 0.2) is 27.7 Å². The molecule has 1 aliphatic rings. The van der Waals surface area contributed by atoms with Crippen LogP contribution in [0.1, 0.15) is 18.4 Å². The van der Waals surface area contributed by atoms with Crippen LogP contribution in [0.5, 0.6) is 0 Å². The fourth-order valence-corrected chi connectivity index (χ4v) is 2.65. The monoisotopic (exact) mass is 529 g/mol. The smallest absolute Gasteiger partial charge is 0.191 e. The van der Waals surface area contributed by atoms with Crippen molar-refractivity contribution >= 4 is 45.9 Å². The summed E-state index contributed by atoms with van der Waals surface area (Å²) < 4.78 is 24.9. The summed E-state index contributed by atoms with van der Waals surface area (Å²) in [5.74, 6) is 0.989. The lowest BCUT2D eigenvalue weighted by Gasteiger charge is -2.13. The van der Waals surface area contributed by atoms with E-state index in [9.17, 15) is 4.39 Å². The first-order valence-corrected chi connectivity index (χ1v) is 9.02. The Morgan fingerprint density at radius 2 is 2.28 bits per heavy atom. The van der Waals surface area contributed by atoms with Gasteiger partial charge in [0, 0.05) is 39.3 Å². The average Bonchev–Trinajstić information content (AvgIpc) is 3.10. The molecule has 1 aliphatic heterocycles. The van der Waals surface area contributed by atoms with Gasteiger partial charge in [0.2, 0.25) is 0 Å². The van der Waals surface area contributed by atoms with E-state index in [1.807, 2.05) is 6.07 Å². The Labute approximate surface area is 174 Å². The number of benzene rings is 1. The van der Waals surface area contributed by atoms with Gasteiger partial charge in [-0.1, -0.05) is 6.07 Å². The fourth-order valence-electron chi connectivity index (χ4n) is 2.40. The molecule has 0 aliphatic carbocycles. The zero-order chi connectivity index (χ0) is 17.2. The van der Waals surface area contributed by atoms with Gasteiger partial charge >= 0.3 is 0 Å². The van der Waals surface area contributed by atoms with E-state index >= 15 is 0 Å². The summed E-state index contributed by atoms with van der Waals surface area (Å²) in [6.07, 6.45) is 2.01. The summed E-state index contributed by atoms with van der Waals surface area (Å²) in [7, 11) is 1.72. The van der Waals surface area contributed by atoms with Gasteiger partial charge in [-0.25, -0.2) is 4.39 Å². The molecule has 0 amide bonds. The highest BCUT2D eigenvalue weighted by atomic mass is 127. The molecule has 5 nitrogen and oxygen atoms in total. The zero-order valence-electron chi connectivity index (χ0n) is 14.4. The maximum absolute atomic E-state index is 13.5. The third kappa shape index (κ3) is 8.65. The highest BCUT2D eigenvalue weighted by Gasteiger charge is 2.15. The lowest BCUT2D eigenvalue weighted by Crippen LogP contribution is -2.37. The van der Waals surface area contributed by atoms with Crippen LogP contribution in [-0.4, -0.2) is 46.0 Å². The van der Waals surface area contributed by atoms with E-state index in [0.29, 0.717) is 22.9 Å². The van der Waals surface area contributed by atoms with Gasteiger partial charge in [-0.3, -0.25) is 4.99 Å². The first-order valence-electron chi connectivity index (χ1n) is 8.23. The molecule has 1 aromatic rings. The predicted molar refractivity (Wildman–Crippen MR) is 112 cm³/mol. The molecule has 142 valence electrons. The van der Waals surface area contributed by atoms with Gasteiger partial charge in [0.05, 0.1) is 17.7 Å². The summed E-state index contributed by atoms with van der Waals surface area (Å²) in [5, 5.41) is 6.39. The SMILES string of the molecule is CN=C(NCCCOCC1CCOC1)NCc1ccc(Br)c(F)c1.I. The van der Waals surface area contributed by atoms with E-state index in [0.717, 1.165) is 51.4 Å². The Morgan fingerprint density at radius 3 is 2.96 bits per heavy atom. The van der Waals surface area contributed by atoms with Crippen molar-refractivity contribution in [2.24, 2.45) is 10.9 Å². The van der Waals surface area contributed by atoms with Gasteiger partial charge in [0.15, 0.2) is 5.96 Å². The third-order valence-electron chi connectivity index (χ3n) is 3.80. The van der Waals surface area contributed by atoms with Crippen LogP contribution in [0.3, 0.4) is 0 Å². The molecular formula is C17H26BrFIN3O2. The van der Waals surface area contributed by atoms with E-state index in [1.165, 1.54) is 6.07 Å². The van der Waals surface area contributed by atoms with Crippen LogP contribution in [0.25, 0.3) is 0 Å². The first-order chi connectivity index (χ1) is 11.7. The number of rotatable bonds is 8. The Bertz CT molecular complexity index is 543. The highest BCUT2D eigenvalue weighted by Crippen LogP contribution is 2.16. The zero-order valence-corrected chi connectivity index (χ0v) is 18.3. The van der Waals surface area contributed by atoms with E-state index in [-0.39, 0.29) is 29.8 Å². The van der Waals surface area contributed by atoms with Crippen molar-refractivity contribution in [3.63, 3.8) is 0 Å². The van der Waals surface area contributed by atoms with Gasteiger partial charge in [0.25, 0.3) is 0 Å². The number of ether oxygens (including phenoxy) is 2. The second-order valence-corrected chi connectivity index (χ2v) is 6.61. The maximum atomic E-state index is 13.5. The standard InChI is InChI=1S/C17H25BrFN3O2.HI/c1-20-17(22-10-13-3-4-15(18)16(19)9-13)21-6-2-7-23-11-14-5-8-24-12-14;/h3-4,9,14H,2,5-8,10-12H2,1H3,(H2,20,21,22);1H. The van der Waals surface area contributed by atoms with Gasteiger partial charge in [0.1, 0.15) is 5.82 Å². The number of guanidine groups is 1. The van der Waals surface area contributed by atoms with Crippen molar-refractivity contribution in [3.8, 4) is 0 Å². The van der Waals surface area contributed by atoms with Crippen molar-refractivity contribution in [3.05, 3.63) is 34.1 Å². The van der Waals surface area contributed by atoms with E-state index in [2.05, 4.69) is 31.6 Å². The topological polar surface area (TPSA) is 54.9 Å². The third-order valence-corrected chi connectivity index (χ3v) is 4.45. The number of hydrogen-bond acceptors (Lipinski definition) is 3. The minimum absolute atomic E-state index is 0. The fraction of sp³-hybridized carbons (Fsp3) is 0.588. The highest BCUT2D eigenvalue weighted by molar-refractivity contribution is 14.0. The van der Waals surface area contributed by atoms with Crippen LogP contribution < -0.4 is 10.6 Å². The molecule has 1 unspecified atom stereocenters. The van der Waals surface area contributed by atoms with Crippen molar-refractivity contribution in [2.75, 3.05) is 40.0 Å². The van der Waals surface area contributed by atoms with Crippen LogP contribution >= 0.6 is 39.9 Å². The molecule has 2 N–H and O–H groups in total. The quantitative estimate of drug-likeness (QED) is 0.235. The van der Waals surface area contributed by atoms with Gasteiger partial charge < -0.3 is 20.1 Å². The van der Waals surface area contributed by atoms with E-state index in [1.54, 1.807) is 13.1 Å². The summed E-state index contributed by atoms with van der Waals surface area (Å²) in [4.78, 5) is 4.16. The number of nitrogens with zero attached hydrogens (tertiary/aromatic N) is 1. The summed E-state index contributed by atoms with van der Waals surface area (Å²) in [5.41, 5.74) is 0.862. The molecule has 1 heterocycles. The second kappa shape index (κ2) is 12.8. The molecule has 1 aromatic carbocycles. The van der Waals surface area contributed by atoms with Crippen LogP contribution in [0, 0.1) is 11.7 Å². The molecule has 25 heavy (non-hydrogen) atoms. The average molecular weight is 530 g/mol. The number of nitrogens with one attached hydrogen (secondary N) is 2. The van der Waals surface area contributed by atoms with Gasteiger partial charge in [-0.2, -0.15) is 0 Å².